The van der Waals surface area contributed by atoms with Gasteiger partial charge in [0.25, 0.3) is 0 Å². The molecule has 0 radical (unpaired) electrons. The van der Waals surface area contributed by atoms with E-state index in [1.807, 2.05) is 0 Å². The van der Waals surface area contributed by atoms with Crippen LogP contribution in [0.4, 0.5) is 0 Å². The lowest BCUT2D eigenvalue weighted by molar-refractivity contribution is -0.121. The second-order valence-electron chi connectivity index (χ2n) is 5.52. The van der Waals surface area contributed by atoms with Crippen LogP contribution in [0.5, 0.6) is 0 Å². The molecule has 0 fully saturated rings. The number of nitrogens with zero attached hydrogens (tertiary/aromatic N) is 3. The van der Waals surface area contributed by atoms with Crippen molar-refractivity contribution in [2.75, 3.05) is 26.4 Å². The van der Waals surface area contributed by atoms with Crippen LogP contribution in [0.3, 0.4) is 0 Å². The van der Waals surface area contributed by atoms with E-state index in [-0.39, 0.29) is 30.4 Å². The van der Waals surface area contributed by atoms with Crippen LogP contribution >= 0.6 is 0 Å². The van der Waals surface area contributed by atoms with Crippen molar-refractivity contribution in [3.63, 3.8) is 0 Å². The van der Waals surface area contributed by atoms with E-state index in [1.54, 1.807) is 18.5 Å². The summed E-state index contributed by atoms with van der Waals surface area (Å²) in [5, 5.41) is 6.83. The van der Waals surface area contributed by atoms with Gasteiger partial charge in [0.1, 0.15) is 0 Å². The van der Waals surface area contributed by atoms with Gasteiger partial charge in [0.2, 0.25) is 15.9 Å². The maximum atomic E-state index is 11.8. The van der Waals surface area contributed by atoms with Gasteiger partial charge in [-0.25, -0.2) is 12.7 Å². The third kappa shape index (κ3) is 5.14. The van der Waals surface area contributed by atoms with E-state index in [9.17, 15) is 18.0 Å². The Morgan fingerprint density at radius 2 is 1.87 bits per heavy atom. The van der Waals surface area contributed by atoms with Crippen LogP contribution in [-0.4, -0.2) is 60.6 Å². The Hall–Kier alpha value is -1.74. The fraction of sp³-hybridized carbons (Fsp3) is 0.643. The first kappa shape index (κ1) is 19.3. The molecule has 8 nitrogen and oxygen atoms in total. The molecule has 130 valence electrons. The molecule has 0 aromatic carbocycles. The first-order chi connectivity index (χ1) is 10.6. The summed E-state index contributed by atoms with van der Waals surface area (Å²) in [6.07, 6.45) is 0.168. The maximum Gasteiger partial charge on any atom is 0.221 e. The van der Waals surface area contributed by atoms with E-state index in [2.05, 4.69) is 10.4 Å². The molecule has 1 N–H and O–H groups in total. The highest BCUT2D eigenvalue weighted by molar-refractivity contribution is 7.89. The van der Waals surface area contributed by atoms with E-state index in [0.29, 0.717) is 17.8 Å². The van der Waals surface area contributed by atoms with Crippen LogP contribution in [0.2, 0.25) is 0 Å². The van der Waals surface area contributed by atoms with Gasteiger partial charge < -0.3 is 5.32 Å². The van der Waals surface area contributed by atoms with Crippen LogP contribution < -0.4 is 5.32 Å². The van der Waals surface area contributed by atoms with Crippen molar-refractivity contribution in [1.82, 2.24) is 19.4 Å². The third-order valence-electron chi connectivity index (χ3n) is 3.52. The summed E-state index contributed by atoms with van der Waals surface area (Å²) in [5.41, 5.74) is 1.97. The number of ketones is 1. The molecule has 1 heterocycles. The lowest BCUT2D eigenvalue weighted by Crippen LogP contribution is -2.34. The molecule has 0 saturated carbocycles. The summed E-state index contributed by atoms with van der Waals surface area (Å²) in [4.78, 5) is 23.3. The number of hydrogen-bond donors (Lipinski definition) is 1. The number of Topliss-reactive ketones (excluding diaryl/α,β-unsaturated/α-hetero) is 1. The van der Waals surface area contributed by atoms with Crippen LogP contribution in [0, 0.1) is 13.8 Å². The van der Waals surface area contributed by atoms with Crippen molar-refractivity contribution in [1.29, 1.82) is 0 Å². The molecule has 0 aliphatic rings. The first-order valence-electron chi connectivity index (χ1n) is 7.28. The monoisotopic (exact) mass is 344 g/mol. The van der Waals surface area contributed by atoms with Gasteiger partial charge in [-0.15, -0.1) is 0 Å². The molecule has 1 amide bonds. The maximum absolute atomic E-state index is 11.8. The zero-order valence-electron chi connectivity index (χ0n) is 14.2. The molecule has 9 heteroatoms. The van der Waals surface area contributed by atoms with Gasteiger partial charge in [0.05, 0.1) is 17.0 Å². The van der Waals surface area contributed by atoms with Crippen LogP contribution in [0.1, 0.15) is 35.1 Å². The first-order valence-corrected chi connectivity index (χ1v) is 8.89. The van der Waals surface area contributed by atoms with Gasteiger partial charge in [-0.1, -0.05) is 0 Å². The van der Waals surface area contributed by atoms with Gasteiger partial charge >= 0.3 is 0 Å². The number of amides is 1. The number of aryl methyl sites for hydroxylation is 2. The van der Waals surface area contributed by atoms with E-state index < -0.39 is 10.0 Å². The fourth-order valence-corrected chi connectivity index (χ4v) is 2.95. The number of nitrogens with one attached hydrogen (secondary N) is 1. The van der Waals surface area contributed by atoms with Crippen LogP contribution in [-0.2, 0) is 21.4 Å². The third-order valence-corrected chi connectivity index (χ3v) is 5.36. The number of hydrogen-bond acceptors (Lipinski definition) is 5. The number of carbonyl (C=O) groups excluding carboxylic acids is 2. The van der Waals surface area contributed by atoms with Crippen LogP contribution in [0.25, 0.3) is 0 Å². The number of carbonyl (C=O) groups is 2. The fourth-order valence-electron chi connectivity index (χ4n) is 2.22. The molecular formula is C14H24N4O4S. The molecule has 0 saturated heterocycles. The number of rotatable bonds is 8. The van der Waals surface area contributed by atoms with Crippen molar-refractivity contribution in [3.8, 4) is 0 Å². The van der Waals surface area contributed by atoms with E-state index in [4.69, 9.17) is 0 Å². The molecule has 0 aliphatic heterocycles. The predicted molar refractivity (Wildman–Crippen MR) is 86.8 cm³/mol. The van der Waals surface area contributed by atoms with Crippen molar-refractivity contribution >= 4 is 21.7 Å². The normalized spacial score (nSPS) is 11.7. The second-order valence-corrected chi connectivity index (χ2v) is 7.83. The standard InChI is InChI=1S/C14H24N4O4S/c1-10-14(12(3)19)11(2)18(16-10)8-6-13(20)15-7-9-23(21,22)17(4)5/h6-9H2,1-5H3,(H,15,20). The summed E-state index contributed by atoms with van der Waals surface area (Å²) < 4.78 is 25.9. The second kappa shape index (κ2) is 7.69. The smallest absolute Gasteiger partial charge is 0.221 e. The average molecular weight is 344 g/mol. The minimum absolute atomic E-state index is 0.0513. The number of aromatic nitrogens is 2. The van der Waals surface area contributed by atoms with E-state index >= 15 is 0 Å². The lowest BCUT2D eigenvalue weighted by atomic mass is 10.1. The average Bonchev–Trinajstić information content (AvgIpc) is 2.70. The highest BCUT2D eigenvalue weighted by Gasteiger charge is 2.16. The molecule has 23 heavy (non-hydrogen) atoms. The molecule has 0 atom stereocenters. The number of sulfonamides is 1. The summed E-state index contributed by atoms with van der Waals surface area (Å²) >= 11 is 0. The topological polar surface area (TPSA) is 101 Å². The Balaban J connectivity index is 2.52. The van der Waals surface area contributed by atoms with Gasteiger partial charge in [0, 0.05) is 39.3 Å². The predicted octanol–water partition coefficient (Wildman–Crippen LogP) is 0.100. The molecular weight excluding hydrogens is 320 g/mol. The van der Waals surface area contributed by atoms with Crippen molar-refractivity contribution < 1.29 is 18.0 Å². The Labute approximate surface area is 136 Å². The summed E-state index contributed by atoms with van der Waals surface area (Å²) in [6, 6.07) is 0. The summed E-state index contributed by atoms with van der Waals surface area (Å²) in [7, 11) is -0.414. The Morgan fingerprint density at radius 3 is 2.35 bits per heavy atom. The lowest BCUT2D eigenvalue weighted by Gasteiger charge is -2.11. The molecule has 1 aromatic heterocycles. The van der Waals surface area contributed by atoms with E-state index in [0.717, 1.165) is 10.00 Å². The quantitative estimate of drug-likeness (QED) is 0.674. The van der Waals surface area contributed by atoms with E-state index in [1.165, 1.54) is 21.0 Å². The Bertz CT molecular complexity index is 692. The molecule has 0 unspecified atom stereocenters. The zero-order valence-corrected chi connectivity index (χ0v) is 15.0. The van der Waals surface area contributed by atoms with Crippen molar-refractivity contribution in [2.45, 2.75) is 33.7 Å². The largest absolute Gasteiger partial charge is 0.355 e. The molecule has 1 rings (SSSR count). The van der Waals surface area contributed by atoms with Gasteiger partial charge in [-0.05, 0) is 20.8 Å². The Morgan fingerprint density at radius 1 is 1.26 bits per heavy atom. The minimum Gasteiger partial charge on any atom is -0.355 e. The van der Waals surface area contributed by atoms with Gasteiger partial charge in [-0.3, -0.25) is 14.3 Å². The SMILES string of the molecule is CC(=O)c1c(C)nn(CCC(=O)NCCS(=O)(=O)N(C)C)c1C. The Kier molecular flexibility index (Phi) is 6.46. The highest BCUT2D eigenvalue weighted by Crippen LogP contribution is 2.13. The molecule has 0 aliphatic carbocycles. The molecule has 0 spiro atoms. The summed E-state index contributed by atoms with van der Waals surface area (Å²) in [6.45, 7) is 5.44. The minimum atomic E-state index is -3.32. The van der Waals surface area contributed by atoms with Crippen LogP contribution in [0.15, 0.2) is 0 Å². The highest BCUT2D eigenvalue weighted by atomic mass is 32.2. The van der Waals surface area contributed by atoms with Crippen molar-refractivity contribution in [3.05, 3.63) is 17.0 Å². The molecule has 0 bridgehead atoms. The van der Waals surface area contributed by atoms with Gasteiger partial charge in [0.15, 0.2) is 5.78 Å². The van der Waals surface area contributed by atoms with Crippen molar-refractivity contribution in [2.24, 2.45) is 0 Å². The van der Waals surface area contributed by atoms with Gasteiger partial charge in [-0.2, -0.15) is 5.10 Å². The molecule has 1 aromatic rings. The summed E-state index contributed by atoms with van der Waals surface area (Å²) in [5.74, 6) is -0.444. The zero-order chi connectivity index (χ0) is 17.8.